The number of nitrogens with one attached hydrogen (secondary N) is 2. The van der Waals surface area contributed by atoms with Gasteiger partial charge in [0.1, 0.15) is 12.1 Å². The molecule has 25 heavy (non-hydrogen) atoms. The number of halogens is 2. The van der Waals surface area contributed by atoms with Crippen LogP contribution in [0.4, 0.5) is 16.2 Å². The summed E-state index contributed by atoms with van der Waals surface area (Å²) in [5.74, 6) is -1.58. The number of aromatic amines is 1. The number of nitrogens with zero attached hydrogens (tertiary/aromatic N) is 5. The largest absolute Gasteiger partial charge is 0.358 e. The fourth-order valence-electron chi connectivity index (χ4n) is 1.94. The summed E-state index contributed by atoms with van der Waals surface area (Å²) in [6.45, 7) is 0.218. The van der Waals surface area contributed by atoms with E-state index in [2.05, 4.69) is 25.6 Å². The molecule has 10 nitrogen and oxygen atoms in total. The fourth-order valence-corrected chi connectivity index (χ4v) is 2.17. The van der Waals surface area contributed by atoms with Crippen molar-refractivity contribution >= 4 is 29.3 Å². The maximum Gasteiger partial charge on any atom is 0.343 e. The molecule has 2 aromatic heterocycles. The third-order valence-corrected chi connectivity index (χ3v) is 3.45. The number of hydrogen-bond donors (Lipinski definition) is 2. The summed E-state index contributed by atoms with van der Waals surface area (Å²) in [4.78, 5) is 25.7. The zero-order valence-corrected chi connectivity index (χ0v) is 13.1. The van der Waals surface area contributed by atoms with E-state index >= 15 is 0 Å². The van der Waals surface area contributed by atoms with Crippen molar-refractivity contribution in [3.8, 4) is 0 Å². The molecule has 0 aliphatic heterocycles. The van der Waals surface area contributed by atoms with Crippen LogP contribution in [-0.4, -0.2) is 35.8 Å². The molecule has 1 amide bonds. The lowest BCUT2D eigenvalue weighted by molar-refractivity contribution is -0.389. The molecule has 0 saturated carbocycles. The van der Waals surface area contributed by atoms with Gasteiger partial charge in [0, 0.05) is 5.02 Å². The van der Waals surface area contributed by atoms with Crippen molar-refractivity contribution in [3.05, 3.63) is 62.8 Å². The minimum atomic E-state index is -0.707. The molecule has 0 saturated heterocycles. The normalized spacial score (nSPS) is 10.6. The van der Waals surface area contributed by atoms with Crippen molar-refractivity contribution in [1.29, 1.82) is 0 Å². The predicted molar refractivity (Wildman–Crippen MR) is 83.7 cm³/mol. The quantitative estimate of drug-likeness (QED) is 0.525. The topological polar surface area (TPSA) is 132 Å². The van der Waals surface area contributed by atoms with Crippen LogP contribution in [0.25, 0.3) is 0 Å². The molecule has 3 aromatic rings. The van der Waals surface area contributed by atoms with Gasteiger partial charge in [-0.25, -0.2) is 14.1 Å². The van der Waals surface area contributed by atoms with E-state index < -0.39 is 22.5 Å². The SMILES string of the molecule is O=C(Nc1ncn(Cc2ccc(F)cc2Cl)n1)c1cc([N+](=O)[O-])[nH]n1. The zero-order valence-electron chi connectivity index (χ0n) is 12.3. The number of hydrogen-bond acceptors (Lipinski definition) is 6. The Balaban J connectivity index is 1.68. The Bertz CT molecular complexity index is 955. The molecule has 12 heteroatoms. The lowest BCUT2D eigenvalue weighted by Crippen LogP contribution is -2.14. The Morgan fingerprint density at radius 3 is 2.92 bits per heavy atom. The second-order valence-electron chi connectivity index (χ2n) is 4.85. The fraction of sp³-hybridized carbons (Fsp3) is 0.0769. The molecule has 3 rings (SSSR count). The summed E-state index contributed by atoms with van der Waals surface area (Å²) >= 11 is 5.94. The predicted octanol–water partition coefficient (Wildman–Crippen LogP) is 2.00. The summed E-state index contributed by atoms with van der Waals surface area (Å²) in [7, 11) is 0. The molecule has 0 unspecified atom stereocenters. The summed E-state index contributed by atoms with van der Waals surface area (Å²) in [6.07, 6.45) is 1.35. The number of H-pyrrole nitrogens is 1. The van der Waals surface area contributed by atoms with Gasteiger partial charge in [-0.3, -0.25) is 10.1 Å². The van der Waals surface area contributed by atoms with Crippen molar-refractivity contribution in [2.24, 2.45) is 0 Å². The number of carbonyl (C=O) groups excluding carboxylic acids is 1. The lowest BCUT2D eigenvalue weighted by Gasteiger charge is -2.03. The second kappa shape index (κ2) is 6.65. The second-order valence-corrected chi connectivity index (χ2v) is 5.26. The smallest absolute Gasteiger partial charge is 0.343 e. The van der Waals surface area contributed by atoms with Crippen LogP contribution in [0.1, 0.15) is 16.1 Å². The summed E-state index contributed by atoms with van der Waals surface area (Å²) in [6, 6.07) is 4.96. The Morgan fingerprint density at radius 1 is 1.44 bits per heavy atom. The molecule has 0 aliphatic carbocycles. The van der Waals surface area contributed by atoms with Crippen LogP contribution in [0.5, 0.6) is 0 Å². The molecule has 0 radical (unpaired) electrons. The zero-order chi connectivity index (χ0) is 18.0. The van der Waals surface area contributed by atoms with Gasteiger partial charge in [0.25, 0.3) is 5.91 Å². The van der Waals surface area contributed by atoms with Crippen LogP contribution in [-0.2, 0) is 6.54 Å². The van der Waals surface area contributed by atoms with E-state index in [-0.39, 0.29) is 23.2 Å². The van der Waals surface area contributed by atoms with E-state index in [1.54, 1.807) is 0 Å². The highest BCUT2D eigenvalue weighted by Crippen LogP contribution is 2.18. The number of anilines is 1. The van der Waals surface area contributed by atoms with Crippen molar-refractivity contribution in [1.82, 2.24) is 25.0 Å². The Morgan fingerprint density at radius 2 is 2.24 bits per heavy atom. The molecule has 2 N–H and O–H groups in total. The maximum atomic E-state index is 13.0. The standard InChI is InChI=1S/C13H9ClFN7O3/c14-9-3-8(15)2-1-7(9)5-21-6-16-13(20-21)17-12(23)10-4-11(19-18-10)22(24)25/h1-4,6H,5H2,(H,18,19)(H,17,20,23). The van der Waals surface area contributed by atoms with Gasteiger partial charge < -0.3 is 10.1 Å². The highest BCUT2D eigenvalue weighted by Gasteiger charge is 2.18. The van der Waals surface area contributed by atoms with E-state index in [4.69, 9.17) is 11.6 Å². The van der Waals surface area contributed by atoms with Crippen LogP contribution in [0.3, 0.4) is 0 Å². The lowest BCUT2D eigenvalue weighted by atomic mass is 10.2. The molecule has 0 atom stereocenters. The average molecular weight is 366 g/mol. The average Bonchev–Trinajstić information content (AvgIpc) is 3.19. The van der Waals surface area contributed by atoms with E-state index in [1.165, 1.54) is 29.2 Å². The van der Waals surface area contributed by atoms with Gasteiger partial charge in [0.05, 0.1) is 12.6 Å². The van der Waals surface area contributed by atoms with Gasteiger partial charge in [-0.1, -0.05) is 22.8 Å². The molecule has 2 heterocycles. The third-order valence-electron chi connectivity index (χ3n) is 3.10. The first-order chi connectivity index (χ1) is 11.9. The van der Waals surface area contributed by atoms with E-state index in [9.17, 15) is 19.3 Å². The minimum absolute atomic E-state index is 0.0195. The first-order valence-electron chi connectivity index (χ1n) is 6.77. The molecule has 128 valence electrons. The van der Waals surface area contributed by atoms with Crippen LogP contribution in [0, 0.1) is 15.9 Å². The van der Waals surface area contributed by atoms with Gasteiger partial charge in [-0.2, -0.15) is 0 Å². The van der Waals surface area contributed by atoms with Crippen LogP contribution < -0.4 is 5.32 Å². The summed E-state index contributed by atoms with van der Waals surface area (Å²) in [5, 5.41) is 22.8. The Labute approximate surface area is 143 Å². The van der Waals surface area contributed by atoms with Crippen LogP contribution in [0.15, 0.2) is 30.6 Å². The molecule has 0 bridgehead atoms. The number of amides is 1. The summed E-state index contributed by atoms with van der Waals surface area (Å²) in [5.41, 5.74) is 0.443. The highest BCUT2D eigenvalue weighted by molar-refractivity contribution is 6.31. The van der Waals surface area contributed by atoms with Gasteiger partial charge in [0.2, 0.25) is 5.95 Å². The number of rotatable bonds is 5. The number of benzene rings is 1. The summed E-state index contributed by atoms with van der Waals surface area (Å²) < 4.78 is 14.4. The van der Waals surface area contributed by atoms with Crippen LogP contribution >= 0.6 is 11.6 Å². The van der Waals surface area contributed by atoms with Gasteiger partial charge >= 0.3 is 5.82 Å². The first kappa shape index (κ1) is 16.5. The molecule has 0 aliphatic rings. The molecule has 0 spiro atoms. The van der Waals surface area contributed by atoms with E-state index in [0.717, 1.165) is 6.07 Å². The maximum absolute atomic E-state index is 13.0. The van der Waals surface area contributed by atoms with Crippen molar-refractivity contribution in [2.75, 3.05) is 5.32 Å². The van der Waals surface area contributed by atoms with Crippen LogP contribution in [0.2, 0.25) is 5.02 Å². The molecule has 1 aromatic carbocycles. The highest BCUT2D eigenvalue weighted by atomic mass is 35.5. The number of nitro groups is 1. The third kappa shape index (κ3) is 3.77. The molecular weight excluding hydrogens is 357 g/mol. The van der Waals surface area contributed by atoms with Gasteiger partial charge in [0.15, 0.2) is 5.69 Å². The number of aromatic nitrogens is 5. The van der Waals surface area contributed by atoms with E-state index in [0.29, 0.717) is 5.56 Å². The van der Waals surface area contributed by atoms with Crippen molar-refractivity contribution in [3.63, 3.8) is 0 Å². The van der Waals surface area contributed by atoms with Crippen molar-refractivity contribution < 1.29 is 14.1 Å². The van der Waals surface area contributed by atoms with Gasteiger partial charge in [-0.15, -0.1) is 10.2 Å². The Kier molecular flexibility index (Phi) is 4.39. The van der Waals surface area contributed by atoms with Gasteiger partial charge in [-0.05, 0) is 22.6 Å². The first-order valence-corrected chi connectivity index (χ1v) is 7.14. The number of carbonyl (C=O) groups is 1. The minimum Gasteiger partial charge on any atom is -0.358 e. The Hall–Kier alpha value is -3.34. The monoisotopic (exact) mass is 365 g/mol. The molecular formula is C13H9ClFN7O3. The van der Waals surface area contributed by atoms with E-state index in [1.807, 2.05) is 0 Å². The van der Waals surface area contributed by atoms with Crippen molar-refractivity contribution in [2.45, 2.75) is 6.54 Å². The molecule has 0 fully saturated rings.